The first-order valence-electron chi connectivity index (χ1n) is 7.29. The molecule has 1 heterocycles. The molecule has 0 bridgehead atoms. The SMILES string of the molecule is CCC(=O)NC(C)(C)C(=O)Nc1nc2ccc(OC(F)(F)F)cc2s1. The van der Waals surface area contributed by atoms with Gasteiger partial charge in [0.1, 0.15) is 11.3 Å². The minimum Gasteiger partial charge on any atom is -0.406 e. The van der Waals surface area contributed by atoms with Crippen LogP contribution < -0.4 is 15.4 Å². The third-order valence-corrected chi connectivity index (χ3v) is 4.09. The number of fused-ring (bicyclic) bond motifs is 1. The first-order valence-corrected chi connectivity index (χ1v) is 8.10. The first kappa shape index (κ1) is 19.0. The van der Waals surface area contributed by atoms with Crippen LogP contribution in [0.4, 0.5) is 18.3 Å². The summed E-state index contributed by atoms with van der Waals surface area (Å²) in [5.41, 5.74) is -0.736. The van der Waals surface area contributed by atoms with Crippen molar-refractivity contribution in [3.8, 4) is 5.75 Å². The molecule has 2 N–H and O–H groups in total. The van der Waals surface area contributed by atoms with Crippen LogP contribution in [0.5, 0.6) is 5.75 Å². The standard InChI is InChI=1S/C15H16F3N3O3S/c1-4-11(22)21-14(2,3)12(23)20-13-19-9-6-5-8(7-10(9)25-13)24-15(16,17)18/h5-7H,4H2,1-3H3,(H,21,22)(H,19,20,23). The molecule has 2 aromatic rings. The third-order valence-electron chi connectivity index (χ3n) is 3.15. The molecule has 1 aromatic heterocycles. The highest BCUT2D eigenvalue weighted by molar-refractivity contribution is 7.22. The monoisotopic (exact) mass is 375 g/mol. The molecule has 0 atom stereocenters. The molecule has 0 aliphatic heterocycles. The summed E-state index contributed by atoms with van der Waals surface area (Å²) in [7, 11) is 0. The fraction of sp³-hybridized carbons (Fsp3) is 0.400. The lowest BCUT2D eigenvalue weighted by Gasteiger charge is -2.24. The van der Waals surface area contributed by atoms with Gasteiger partial charge in [-0.25, -0.2) is 4.98 Å². The topological polar surface area (TPSA) is 80.3 Å². The molecule has 6 nitrogen and oxygen atoms in total. The molecule has 136 valence electrons. The maximum atomic E-state index is 12.3. The molecular weight excluding hydrogens is 359 g/mol. The molecule has 2 rings (SSSR count). The molecular formula is C15H16F3N3O3S. The second kappa shape index (κ2) is 6.87. The van der Waals surface area contributed by atoms with Crippen LogP contribution in [0, 0.1) is 0 Å². The van der Waals surface area contributed by atoms with E-state index in [1.165, 1.54) is 12.1 Å². The maximum Gasteiger partial charge on any atom is 0.573 e. The molecule has 0 unspecified atom stereocenters. The number of aromatic nitrogens is 1. The van der Waals surface area contributed by atoms with Gasteiger partial charge in [0.05, 0.1) is 10.2 Å². The summed E-state index contributed by atoms with van der Waals surface area (Å²) < 4.78 is 41.1. The highest BCUT2D eigenvalue weighted by atomic mass is 32.1. The molecule has 0 saturated heterocycles. The Morgan fingerprint density at radius 3 is 2.56 bits per heavy atom. The summed E-state index contributed by atoms with van der Waals surface area (Å²) in [6.45, 7) is 4.74. The van der Waals surface area contributed by atoms with Gasteiger partial charge in [-0.2, -0.15) is 0 Å². The average molecular weight is 375 g/mol. The van der Waals surface area contributed by atoms with Crippen molar-refractivity contribution >= 4 is 38.5 Å². The molecule has 10 heteroatoms. The van der Waals surface area contributed by atoms with Gasteiger partial charge in [0.15, 0.2) is 5.13 Å². The number of nitrogens with one attached hydrogen (secondary N) is 2. The number of amides is 2. The second-order valence-electron chi connectivity index (χ2n) is 5.68. The Labute approximate surface area is 145 Å². The molecule has 0 radical (unpaired) electrons. The van der Waals surface area contributed by atoms with E-state index in [2.05, 4.69) is 20.4 Å². The van der Waals surface area contributed by atoms with Gasteiger partial charge in [-0.3, -0.25) is 14.9 Å². The Balaban J connectivity index is 2.16. The van der Waals surface area contributed by atoms with E-state index in [4.69, 9.17) is 0 Å². The second-order valence-corrected chi connectivity index (χ2v) is 6.71. The molecule has 0 fully saturated rings. The summed E-state index contributed by atoms with van der Waals surface area (Å²) in [6.07, 6.45) is -4.54. The van der Waals surface area contributed by atoms with E-state index in [1.807, 2.05) is 0 Å². The largest absolute Gasteiger partial charge is 0.573 e. The van der Waals surface area contributed by atoms with E-state index < -0.39 is 17.8 Å². The predicted octanol–water partition coefficient (Wildman–Crippen LogP) is 3.44. The number of thiazole rings is 1. The summed E-state index contributed by atoms with van der Waals surface area (Å²) in [5.74, 6) is -1.13. The highest BCUT2D eigenvalue weighted by Gasteiger charge is 2.32. The maximum absolute atomic E-state index is 12.3. The van der Waals surface area contributed by atoms with E-state index in [1.54, 1.807) is 20.8 Å². The number of anilines is 1. The van der Waals surface area contributed by atoms with Crippen LogP contribution in [0.3, 0.4) is 0 Å². The van der Waals surface area contributed by atoms with Gasteiger partial charge in [-0.15, -0.1) is 13.2 Å². The van der Waals surface area contributed by atoms with Gasteiger partial charge in [-0.05, 0) is 26.0 Å². The van der Waals surface area contributed by atoms with Crippen molar-refractivity contribution in [1.29, 1.82) is 0 Å². The summed E-state index contributed by atoms with van der Waals surface area (Å²) >= 11 is 1.00. The van der Waals surface area contributed by atoms with Crippen LogP contribution in [0.25, 0.3) is 10.2 Å². The zero-order chi connectivity index (χ0) is 18.8. The molecule has 0 spiro atoms. The molecule has 0 aliphatic carbocycles. The van der Waals surface area contributed by atoms with Gasteiger partial charge in [0, 0.05) is 12.5 Å². The summed E-state index contributed by atoms with van der Waals surface area (Å²) in [5, 5.41) is 5.35. The minimum atomic E-state index is -4.78. The Kier molecular flexibility index (Phi) is 5.21. The van der Waals surface area contributed by atoms with Gasteiger partial charge in [0.2, 0.25) is 5.91 Å². The average Bonchev–Trinajstić information content (AvgIpc) is 2.86. The summed E-state index contributed by atoms with van der Waals surface area (Å²) in [4.78, 5) is 27.9. The lowest BCUT2D eigenvalue weighted by molar-refractivity contribution is -0.274. The number of nitrogens with zero attached hydrogens (tertiary/aromatic N) is 1. The van der Waals surface area contributed by atoms with Gasteiger partial charge >= 0.3 is 6.36 Å². The quantitative estimate of drug-likeness (QED) is 0.839. The van der Waals surface area contributed by atoms with Crippen LogP contribution in [-0.2, 0) is 9.59 Å². The number of hydrogen-bond donors (Lipinski definition) is 2. The number of alkyl halides is 3. The van der Waals surface area contributed by atoms with Crippen LogP contribution >= 0.6 is 11.3 Å². The lowest BCUT2D eigenvalue weighted by atomic mass is 10.0. The molecule has 1 aromatic carbocycles. The zero-order valence-electron chi connectivity index (χ0n) is 13.7. The smallest absolute Gasteiger partial charge is 0.406 e. The Bertz CT molecular complexity index is 802. The minimum absolute atomic E-state index is 0.211. The van der Waals surface area contributed by atoms with Gasteiger partial charge in [0.25, 0.3) is 5.91 Å². The number of benzene rings is 1. The number of carbonyl (C=O) groups is 2. The van der Waals surface area contributed by atoms with E-state index in [9.17, 15) is 22.8 Å². The molecule has 2 amide bonds. The summed E-state index contributed by atoms with van der Waals surface area (Å²) in [6, 6.07) is 3.71. The molecule has 25 heavy (non-hydrogen) atoms. The van der Waals surface area contributed by atoms with Crippen molar-refractivity contribution < 1.29 is 27.5 Å². The number of halogens is 3. The first-order chi connectivity index (χ1) is 11.5. The Morgan fingerprint density at radius 2 is 1.96 bits per heavy atom. The third kappa shape index (κ3) is 5.05. The zero-order valence-corrected chi connectivity index (χ0v) is 14.5. The van der Waals surface area contributed by atoms with E-state index in [0.717, 1.165) is 17.4 Å². The van der Waals surface area contributed by atoms with E-state index in [0.29, 0.717) is 10.2 Å². The fourth-order valence-corrected chi connectivity index (χ4v) is 2.79. The molecule has 0 aliphatic rings. The number of hydrogen-bond acceptors (Lipinski definition) is 5. The highest BCUT2D eigenvalue weighted by Crippen LogP contribution is 2.31. The van der Waals surface area contributed by atoms with Crippen molar-refractivity contribution in [2.75, 3.05) is 5.32 Å². The van der Waals surface area contributed by atoms with Crippen molar-refractivity contribution in [2.45, 2.75) is 39.1 Å². The van der Waals surface area contributed by atoms with Gasteiger partial charge < -0.3 is 10.1 Å². The van der Waals surface area contributed by atoms with Crippen molar-refractivity contribution in [2.24, 2.45) is 0 Å². The van der Waals surface area contributed by atoms with Crippen molar-refractivity contribution in [3.05, 3.63) is 18.2 Å². The molecule has 0 saturated carbocycles. The van der Waals surface area contributed by atoms with Crippen LogP contribution in [-0.4, -0.2) is 28.7 Å². The predicted molar refractivity (Wildman–Crippen MR) is 87.4 cm³/mol. The van der Waals surface area contributed by atoms with Crippen LogP contribution in [0.15, 0.2) is 18.2 Å². The normalized spacial score (nSPS) is 12.1. The lowest BCUT2D eigenvalue weighted by Crippen LogP contribution is -2.52. The van der Waals surface area contributed by atoms with Crippen LogP contribution in [0.2, 0.25) is 0 Å². The fourth-order valence-electron chi connectivity index (χ4n) is 1.90. The number of ether oxygens (including phenoxy) is 1. The Hall–Kier alpha value is -2.36. The Morgan fingerprint density at radius 1 is 1.28 bits per heavy atom. The number of carbonyl (C=O) groups excluding carboxylic acids is 2. The van der Waals surface area contributed by atoms with Gasteiger partial charge in [-0.1, -0.05) is 18.3 Å². The number of rotatable bonds is 5. The van der Waals surface area contributed by atoms with E-state index >= 15 is 0 Å². The van der Waals surface area contributed by atoms with Crippen LogP contribution in [0.1, 0.15) is 27.2 Å². The van der Waals surface area contributed by atoms with Crippen molar-refractivity contribution in [3.63, 3.8) is 0 Å². The van der Waals surface area contributed by atoms with Crippen molar-refractivity contribution in [1.82, 2.24) is 10.3 Å². The van der Waals surface area contributed by atoms with E-state index in [-0.39, 0.29) is 23.2 Å².